The lowest BCUT2D eigenvalue weighted by Gasteiger charge is -2.16. The first-order chi connectivity index (χ1) is 65.5. The monoisotopic (exact) mass is 1680 g/mol. The smallest absolute Gasteiger partial charge is 0.164 e. The fourth-order valence-electron chi connectivity index (χ4n) is 20.1. The number of nitrogens with zero attached hydrogens (tertiary/aromatic N) is 10. The Bertz CT molecular complexity index is 8440. The molecular weight excluding hydrogens is 1610 g/mol. The van der Waals surface area contributed by atoms with Crippen molar-refractivity contribution < 1.29 is 0 Å². The van der Waals surface area contributed by atoms with Crippen molar-refractivity contribution >= 4 is 131 Å². The number of rotatable bonds is 12. The Hall–Kier alpha value is -17.9. The van der Waals surface area contributed by atoms with E-state index in [1.54, 1.807) is 0 Å². The van der Waals surface area contributed by atoms with Gasteiger partial charge in [0.15, 0.2) is 17.5 Å². The number of pyridine rings is 1. The summed E-state index contributed by atoms with van der Waals surface area (Å²) in [6.07, 6.45) is 3.93. The fraction of sp³-hybridized carbons (Fsp3) is 0. The molecule has 10 heteroatoms. The highest BCUT2D eigenvalue weighted by atomic mass is 15.1. The molecule has 8 aromatic heterocycles. The molecule has 0 radical (unpaired) electrons. The normalized spacial score (nSPS) is 11.6. The molecule has 0 unspecified atom stereocenters. The summed E-state index contributed by atoms with van der Waals surface area (Å²) in [5, 5.41) is 15.0. The number of hydrogen-bond donors (Lipinski definition) is 0. The van der Waals surface area contributed by atoms with Crippen LogP contribution in [0.1, 0.15) is 0 Å². The van der Waals surface area contributed by atoms with Gasteiger partial charge < -0.3 is 27.4 Å². The minimum atomic E-state index is 0.613. The van der Waals surface area contributed by atoms with Crippen LogP contribution in [0.2, 0.25) is 0 Å². The van der Waals surface area contributed by atoms with Crippen molar-refractivity contribution in [3.8, 4) is 102 Å². The Morgan fingerprint density at radius 1 is 0.121 bits per heavy atom. The predicted octanol–water partition coefficient (Wildman–Crippen LogP) is 31.2. The van der Waals surface area contributed by atoms with Crippen molar-refractivity contribution in [1.29, 1.82) is 0 Å². The minimum Gasteiger partial charge on any atom is -0.309 e. The summed E-state index contributed by atoms with van der Waals surface area (Å²) in [5.41, 5.74) is 30.7. The zero-order valence-electron chi connectivity index (χ0n) is 71.7. The van der Waals surface area contributed by atoms with Crippen LogP contribution in [0, 0.1) is 0 Å². The van der Waals surface area contributed by atoms with Gasteiger partial charge in [-0.2, -0.15) is 0 Å². The molecule has 0 atom stereocenters. The third kappa shape index (κ3) is 13.2. The molecule has 0 saturated heterocycles. The standard InChI is InChI=1S/C45H29N5.C41H27N3.C36H24N2/c1-3-15-30(16-4-1)43-46-44(31-17-5-2-6-18-31)48-45(47-43)32-27-33(49-39-23-11-7-19-35(39)36-20-8-12-24-40(36)49)29-34(28-32)50-41-25-13-9-21-37(41)38-22-10-14-26-42(38)50;1-5-19-38-34(15-1)35-16-2-6-20-39(35)43(38)32-13-9-11-28(24-32)30-23-31(27-42-26-30)29-12-10-14-33(25-29)44-40-21-7-3-17-36(40)37-18-4-8-22-41(37)44;1-3-11-27(12-4-1)37-33-17-9-7-15-29(33)31-23-25(19-21-35(31)37)26-20-22-36-32(24-26)30-16-8-10-18-34(30)38(36)28-13-5-2-6-14-28/h1-29H;1-27H;1-24H. The van der Waals surface area contributed by atoms with Gasteiger partial charge in [0.2, 0.25) is 0 Å². The molecule has 0 aliphatic rings. The molecule has 0 N–H and O–H groups in total. The van der Waals surface area contributed by atoms with E-state index < -0.39 is 0 Å². The van der Waals surface area contributed by atoms with Crippen molar-refractivity contribution in [2.45, 2.75) is 0 Å². The molecule has 27 rings (SSSR count). The van der Waals surface area contributed by atoms with Gasteiger partial charge in [-0.1, -0.05) is 315 Å². The van der Waals surface area contributed by atoms with E-state index in [0.717, 1.165) is 83.8 Å². The summed E-state index contributed by atoms with van der Waals surface area (Å²) in [5.74, 6) is 1.88. The second-order valence-electron chi connectivity index (χ2n) is 33.7. The van der Waals surface area contributed by atoms with Crippen LogP contribution in [0.5, 0.6) is 0 Å². The molecule has 27 aromatic rings. The summed E-state index contributed by atoms with van der Waals surface area (Å²) in [6, 6.07) is 168. The maximum atomic E-state index is 5.15. The number of para-hydroxylation sites is 12. The number of benzene rings is 19. The van der Waals surface area contributed by atoms with Crippen LogP contribution in [0.25, 0.3) is 233 Å². The van der Waals surface area contributed by atoms with Crippen molar-refractivity contribution in [3.05, 3.63) is 486 Å². The number of aromatic nitrogens is 10. The maximum absolute atomic E-state index is 5.15. The first-order valence-electron chi connectivity index (χ1n) is 44.8. The third-order valence-electron chi connectivity index (χ3n) is 26.0. The number of fused-ring (bicyclic) bond motifs is 18. The van der Waals surface area contributed by atoms with Crippen LogP contribution < -0.4 is 0 Å². The van der Waals surface area contributed by atoms with Gasteiger partial charge >= 0.3 is 0 Å². The Labute approximate surface area is 760 Å². The summed E-state index contributed by atoms with van der Waals surface area (Å²) in [6.45, 7) is 0. The maximum Gasteiger partial charge on any atom is 0.164 e. The lowest BCUT2D eigenvalue weighted by Crippen LogP contribution is -2.03. The Balaban J connectivity index is 0.000000107. The quantitative estimate of drug-likeness (QED) is 0.122. The van der Waals surface area contributed by atoms with Gasteiger partial charge in [0.1, 0.15) is 0 Å². The second-order valence-corrected chi connectivity index (χ2v) is 33.7. The van der Waals surface area contributed by atoms with Crippen LogP contribution in [0.15, 0.2) is 486 Å². The highest BCUT2D eigenvalue weighted by Crippen LogP contribution is 2.44. The molecule has 0 aliphatic heterocycles. The van der Waals surface area contributed by atoms with Gasteiger partial charge in [-0.3, -0.25) is 4.98 Å². The third-order valence-corrected chi connectivity index (χ3v) is 26.0. The minimum absolute atomic E-state index is 0.613. The second kappa shape index (κ2) is 32.2. The Morgan fingerprint density at radius 3 is 0.636 bits per heavy atom. The van der Waals surface area contributed by atoms with E-state index in [9.17, 15) is 0 Å². The molecule has 8 heterocycles. The van der Waals surface area contributed by atoms with E-state index in [-0.39, 0.29) is 0 Å². The molecular formula is C122H80N10. The molecule has 10 nitrogen and oxygen atoms in total. The molecule has 0 spiro atoms. The molecule has 0 aliphatic carbocycles. The zero-order chi connectivity index (χ0) is 87.1. The Morgan fingerprint density at radius 2 is 0.333 bits per heavy atom. The molecule has 0 bridgehead atoms. The van der Waals surface area contributed by atoms with E-state index in [1.807, 2.05) is 73.1 Å². The average Bonchev–Trinajstić information content (AvgIpc) is 1.56. The summed E-state index contributed by atoms with van der Waals surface area (Å²) >= 11 is 0. The average molecular weight is 1690 g/mol. The van der Waals surface area contributed by atoms with Crippen molar-refractivity contribution in [2.75, 3.05) is 0 Å². The highest BCUT2D eigenvalue weighted by molar-refractivity contribution is 6.16. The number of hydrogen-bond acceptors (Lipinski definition) is 4. The largest absolute Gasteiger partial charge is 0.309 e. The molecule has 0 fully saturated rings. The van der Waals surface area contributed by atoms with Gasteiger partial charge in [-0.05, 0) is 180 Å². The van der Waals surface area contributed by atoms with Crippen molar-refractivity contribution in [2.24, 2.45) is 0 Å². The summed E-state index contributed by atoms with van der Waals surface area (Å²) in [4.78, 5) is 20.0. The lowest BCUT2D eigenvalue weighted by molar-refractivity contribution is 1.07. The van der Waals surface area contributed by atoms with Gasteiger partial charge in [-0.15, -0.1) is 0 Å². The van der Waals surface area contributed by atoms with E-state index in [1.165, 1.54) is 131 Å². The van der Waals surface area contributed by atoms with Crippen molar-refractivity contribution in [3.63, 3.8) is 0 Å². The Kier molecular flexibility index (Phi) is 18.7. The highest BCUT2D eigenvalue weighted by Gasteiger charge is 2.24. The molecule has 0 amide bonds. The van der Waals surface area contributed by atoms with E-state index in [2.05, 4.69) is 440 Å². The van der Waals surface area contributed by atoms with Gasteiger partial charge in [0.05, 0.1) is 66.2 Å². The van der Waals surface area contributed by atoms with E-state index >= 15 is 0 Å². The van der Waals surface area contributed by atoms with Crippen LogP contribution in [-0.2, 0) is 0 Å². The van der Waals surface area contributed by atoms with Gasteiger partial charge in [0, 0.05) is 139 Å². The van der Waals surface area contributed by atoms with E-state index in [0.29, 0.717) is 17.5 Å². The first-order valence-corrected chi connectivity index (χ1v) is 44.8. The fourth-order valence-corrected chi connectivity index (χ4v) is 20.1. The first kappa shape index (κ1) is 76.6. The SMILES string of the molecule is c1cc(-c2cncc(-c3cccc(-n4c5ccccc5c5ccccc54)c3)c2)cc(-n2c3ccccc3c3ccccc32)c1.c1ccc(-c2nc(-c3ccccc3)nc(-c3cc(-n4c5ccccc5c5ccccc54)cc(-n4c5ccccc5c5ccccc54)c3)n2)cc1.c1ccc(-n2c3ccccc3c3cc(-c4ccc5c(c4)c4ccccc4n5-c4ccccc4)ccc32)cc1. The molecule has 0 saturated carbocycles. The molecule has 132 heavy (non-hydrogen) atoms. The van der Waals surface area contributed by atoms with Crippen LogP contribution in [0.4, 0.5) is 0 Å². The van der Waals surface area contributed by atoms with Crippen LogP contribution in [-0.4, -0.2) is 47.3 Å². The predicted molar refractivity (Wildman–Crippen MR) is 549 cm³/mol. The summed E-state index contributed by atoms with van der Waals surface area (Å²) < 4.78 is 14.2. The topological polar surface area (TPSA) is 81.1 Å². The zero-order valence-corrected chi connectivity index (χ0v) is 71.7. The molecule has 618 valence electrons. The van der Waals surface area contributed by atoms with Crippen LogP contribution >= 0.6 is 0 Å². The lowest BCUT2D eigenvalue weighted by atomic mass is 10.0. The molecule has 19 aromatic carbocycles. The van der Waals surface area contributed by atoms with E-state index in [4.69, 9.17) is 19.9 Å². The van der Waals surface area contributed by atoms with Crippen molar-refractivity contribution in [1.82, 2.24) is 47.3 Å². The summed E-state index contributed by atoms with van der Waals surface area (Å²) in [7, 11) is 0. The van der Waals surface area contributed by atoms with Crippen LogP contribution in [0.3, 0.4) is 0 Å². The van der Waals surface area contributed by atoms with Gasteiger partial charge in [0.25, 0.3) is 0 Å². The van der Waals surface area contributed by atoms with Gasteiger partial charge in [-0.25, -0.2) is 15.0 Å².